The molecule has 4 aromatic rings. The average Bonchev–Trinajstić information content (AvgIpc) is 3.48. The highest BCUT2D eigenvalue weighted by molar-refractivity contribution is 7.92. The molecule has 5 rings (SSSR count). The molecular weight excluding hydrogens is 567 g/mol. The maximum absolute atomic E-state index is 11.8. The molecule has 1 aliphatic heterocycles. The normalized spacial score (nSPS) is 17.4. The van der Waals surface area contributed by atoms with Gasteiger partial charge < -0.3 is 19.4 Å². The summed E-state index contributed by atoms with van der Waals surface area (Å²) < 4.78 is 37.9. The van der Waals surface area contributed by atoms with E-state index >= 15 is 0 Å². The molecule has 3 heterocycles. The van der Waals surface area contributed by atoms with Gasteiger partial charge in [0.15, 0.2) is 5.11 Å². The second-order valence-electron chi connectivity index (χ2n) is 8.58. The highest BCUT2D eigenvalue weighted by Gasteiger charge is 2.43. The number of benzene rings is 2. The van der Waals surface area contributed by atoms with E-state index in [2.05, 4.69) is 15.0 Å². The topological polar surface area (TPSA) is 96.7 Å². The fraction of sp³-hybridized carbons (Fsp3) is 0.154. The lowest BCUT2D eigenvalue weighted by molar-refractivity contribution is 0.416. The molecule has 1 saturated heterocycles. The number of hydrogen-bond acceptors (Lipinski definition) is 6. The Morgan fingerprint density at radius 3 is 2.61 bits per heavy atom. The third-order valence-corrected chi connectivity index (χ3v) is 7.42. The Morgan fingerprint density at radius 2 is 1.92 bits per heavy atom. The van der Waals surface area contributed by atoms with Gasteiger partial charge in [0, 0.05) is 28.5 Å². The van der Waals surface area contributed by atoms with E-state index in [4.69, 9.17) is 44.6 Å². The minimum atomic E-state index is -3.50. The van der Waals surface area contributed by atoms with Gasteiger partial charge in [0.1, 0.15) is 23.3 Å². The predicted molar refractivity (Wildman–Crippen MR) is 154 cm³/mol. The maximum Gasteiger partial charge on any atom is 0.229 e. The molecule has 8 nitrogen and oxygen atoms in total. The SMILES string of the molecule is COc1cc(N2C(=S)N[C@H](c3ccccn3)[C@@H]2c2ccc(-c3ccc(Cl)cc3Cl)o2)ccc1NS(C)(=O)=O. The van der Waals surface area contributed by atoms with E-state index in [-0.39, 0.29) is 6.04 Å². The van der Waals surface area contributed by atoms with Crippen molar-refractivity contribution in [2.24, 2.45) is 0 Å². The Bertz CT molecular complexity index is 1610. The van der Waals surface area contributed by atoms with Crippen molar-refractivity contribution in [3.05, 3.63) is 94.4 Å². The van der Waals surface area contributed by atoms with Crippen LogP contribution >= 0.6 is 35.4 Å². The van der Waals surface area contributed by atoms with Crippen LogP contribution in [0.2, 0.25) is 10.0 Å². The van der Waals surface area contributed by atoms with Gasteiger partial charge in [0.05, 0.1) is 35.8 Å². The summed E-state index contributed by atoms with van der Waals surface area (Å²) in [5, 5.41) is 4.80. The number of thiocarbonyl (C=S) groups is 1. The molecule has 0 aliphatic carbocycles. The van der Waals surface area contributed by atoms with E-state index in [1.807, 2.05) is 35.2 Å². The van der Waals surface area contributed by atoms with Crippen LogP contribution in [0.25, 0.3) is 11.3 Å². The summed E-state index contributed by atoms with van der Waals surface area (Å²) in [6, 6.07) is 18.9. The summed E-state index contributed by atoms with van der Waals surface area (Å²) in [7, 11) is -2.04. The number of aromatic nitrogens is 1. The maximum atomic E-state index is 11.8. The summed E-state index contributed by atoms with van der Waals surface area (Å²) in [4.78, 5) is 6.44. The van der Waals surface area contributed by atoms with Gasteiger partial charge in [-0.1, -0.05) is 29.3 Å². The van der Waals surface area contributed by atoms with Crippen molar-refractivity contribution in [2.75, 3.05) is 23.0 Å². The molecule has 0 amide bonds. The number of ether oxygens (including phenoxy) is 1. The average molecular weight is 590 g/mol. The molecule has 0 radical (unpaired) electrons. The first-order valence-corrected chi connectivity index (χ1v) is 14.4. The van der Waals surface area contributed by atoms with Gasteiger partial charge in [-0.2, -0.15) is 0 Å². The molecule has 38 heavy (non-hydrogen) atoms. The number of halogens is 2. The highest BCUT2D eigenvalue weighted by Crippen LogP contribution is 2.45. The lowest BCUT2D eigenvalue weighted by Gasteiger charge is -2.27. The van der Waals surface area contributed by atoms with Gasteiger partial charge in [0.25, 0.3) is 0 Å². The summed E-state index contributed by atoms with van der Waals surface area (Å²) in [5.41, 5.74) is 2.46. The van der Waals surface area contributed by atoms with Crippen molar-refractivity contribution in [1.29, 1.82) is 0 Å². The molecule has 1 fully saturated rings. The van der Waals surface area contributed by atoms with Crippen LogP contribution in [0.3, 0.4) is 0 Å². The summed E-state index contributed by atoms with van der Waals surface area (Å²) in [5.74, 6) is 1.53. The number of sulfonamides is 1. The molecule has 2 atom stereocenters. The second kappa shape index (κ2) is 10.5. The van der Waals surface area contributed by atoms with E-state index in [9.17, 15) is 8.42 Å². The van der Waals surface area contributed by atoms with Crippen LogP contribution in [0.5, 0.6) is 5.75 Å². The Hall–Kier alpha value is -3.31. The molecule has 2 N–H and O–H groups in total. The smallest absolute Gasteiger partial charge is 0.229 e. The van der Waals surface area contributed by atoms with Gasteiger partial charge >= 0.3 is 0 Å². The third-order valence-electron chi connectivity index (χ3n) is 5.97. The summed E-state index contributed by atoms with van der Waals surface area (Å²) in [6.07, 6.45) is 2.80. The number of nitrogens with one attached hydrogen (secondary N) is 2. The van der Waals surface area contributed by atoms with Crippen LogP contribution in [0.4, 0.5) is 11.4 Å². The molecule has 1 aliphatic rings. The lowest BCUT2D eigenvalue weighted by Crippen LogP contribution is -2.29. The van der Waals surface area contributed by atoms with Crippen molar-refractivity contribution in [3.8, 4) is 17.1 Å². The molecule has 2 aromatic carbocycles. The fourth-order valence-electron chi connectivity index (χ4n) is 4.38. The van der Waals surface area contributed by atoms with Gasteiger partial charge in [0.2, 0.25) is 10.0 Å². The van der Waals surface area contributed by atoms with Crippen LogP contribution in [0.15, 0.2) is 77.3 Å². The first-order valence-electron chi connectivity index (χ1n) is 11.4. The molecular formula is C26H22Cl2N4O4S2. The van der Waals surface area contributed by atoms with Gasteiger partial charge in [-0.25, -0.2) is 8.42 Å². The van der Waals surface area contributed by atoms with Crippen LogP contribution in [-0.4, -0.2) is 31.9 Å². The van der Waals surface area contributed by atoms with E-state index in [0.717, 1.165) is 11.9 Å². The standard InChI is InChI=1S/C26H22Cl2N4O4S2/c1-35-23-14-16(7-9-19(23)31-38(2,33)34)32-25(24(30-26(32)37)20-5-3-4-12-29-20)22-11-10-21(36-22)17-8-6-15(27)13-18(17)28/h3-14,24-25,31H,1-2H3,(H,30,37)/t24-,25+/m1/s1. The van der Waals surface area contributed by atoms with E-state index in [1.54, 1.807) is 42.6 Å². The number of nitrogens with zero attached hydrogens (tertiary/aromatic N) is 2. The Labute approximate surface area is 235 Å². The van der Waals surface area contributed by atoms with Crippen molar-refractivity contribution >= 4 is 61.9 Å². The number of methoxy groups -OCH3 is 1. The minimum absolute atomic E-state index is 0.312. The van der Waals surface area contributed by atoms with Gasteiger partial charge in [-0.05, 0) is 66.8 Å². The number of pyridine rings is 1. The Kier molecular flexibility index (Phi) is 7.23. The van der Waals surface area contributed by atoms with Crippen molar-refractivity contribution < 1.29 is 17.6 Å². The lowest BCUT2D eigenvalue weighted by atomic mass is 10.0. The van der Waals surface area contributed by atoms with Gasteiger partial charge in [-0.3, -0.25) is 9.71 Å². The van der Waals surface area contributed by atoms with E-state index in [0.29, 0.717) is 49.4 Å². The molecule has 0 unspecified atom stereocenters. The zero-order chi connectivity index (χ0) is 27.0. The molecule has 196 valence electrons. The third kappa shape index (κ3) is 5.30. The molecule has 0 saturated carbocycles. The van der Waals surface area contributed by atoms with Crippen molar-refractivity contribution in [3.63, 3.8) is 0 Å². The van der Waals surface area contributed by atoms with Crippen molar-refractivity contribution in [1.82, 2.24) is 10.3 Å². The molecule has 0 bridgehead atoms. The summed E-state index contributed by atoms with van der Waals surface area (Å²) >= 11 is 18.3. The van der Waals surface area contributed by atoms with Crippen LogP contribution in [-0.2, 0) is 10.0 Å². The second-order valence-corrected chi connectivity index (χ2v) is 11.6. The van der Waals surface area contributed by atoms with Crippen LogP contribution in [0.1, 0.15) is 23.5 Å². The first-order chi connectivity index (χ1) is 18.1. The Balaban J connectivity index is 1.60. The van der Waals surface area contributed by atoms with Crippen LogP contribution < -0.4 is 19.7 Å². The molecule has 2 aromatic heterocycles. The first kappa shape index (κ1) is 26.3. The highest BCUT2D eigenvalue weighted by atomic mass is 35.5. The minimum Gasteiger partial charge on any atom is -0.494 e. The predicted octanol–water partition coefficient (Wildman–Crippen LogP) is 6.21. The number of hydrogen-bond donors (Lipinski definition) is 2. The van der Waals surface area contributed by atoms with Crippen molar-refractivity contribution in [2.45, 2.75) is 12.1 Å². The zero-order valence-electron chi connectivity index (χ0n) is 20.2. The molecule has 0 spiro atoms. The van der Waals surface area contributed by atoms with E-state index in [1.165, 1.54) is 7.11 Å². The number of anilines is 2. The number of rotatable bonds is 7. The monoisotopic (exact) mass is 588 g/mol. The number of furan rings is 1. The molecule has 12 heteroatoms. The summed E-state index contributed by atoms with van der Waals surface area (Å²) in [6.45, 7) is 0. The quantitative estimate of drug-likeness (QED) is 0.246. The van der Waals surface area contributed by atoms with Crippen LogP contribution in [0, 0.1) is 0 Å². The zero-order valence-corrected chi connectivity index (χ0v) is 23.3. The Morgan fingerprint density at radius 1 is 1.11 bits per heavy atom. The largest absolute Gasteiger partial charge is 0.494 e. The van der Waals surface area contributed by atoms with Gasteiger partial charge in [-0.15, -0.1) is 0 Å². The van der Waals surface area contributed by atoms with E-state index < -0.39 is 16.1 Å². The fourth-order valence-corrected chi connectivity index (χ4v) is 5.80.